The lowest BCUT2D eigenvalue weighted by Gasteiger charge is -2.18. The van der Waals surface area contributed by atoms with E-state index in [0.29, 0.717) is 19.3 Å². The Morgan fingerprint density at radius 1 is 0.302 bits per heavy atom. The van der Waals surface area contributed by atoms with E-state index in [2.05, 4.69) is 45.1 Å². The van der Waals surface area contributed by atoms with Crippen molar-refractivity contribution in [1.29, 1.82) is 0 Å². The van der Waals surface area contributed by atoms with E-state index in [4.69, 9.17) is 14.2 Å². The van der Waals surface area contributed by atoms with Crippen molar-refractivity contribution in [1.82, 2.24) is 0 Å². The molecule has 0 aliphatic heterocycles. The van der Waals surface area contributed by atoms with Crippen LogP contribution in [0.5, 0.6) is 0 Å². The Morgan fingerprint density at radius 2 is 0.524 bits per heavy atom. The zero-order chi connectivity index (χ0) is 45.8. The molecule has 0 saturated carbocycles. The number of hydrogen-bond donors (Lipinski definition) is 0. The van der Waals surface area contributed by atoms with E-state index in [9.17, 15) is 14.4 Å². The van der Waals surface area contributed by atoms with Crippen molar-refractivity contribution in [3.05, 3.63) is 24.3 Å². The maximum Gasteiger partial charge on any atom is 0.306 e. The lowest BCUT2D eigenvalue weighted by molar-refractivity contribution is -0.167. The molecule has 6 nitrogen and oxygen atoms in total. The van der Waals surface area contributed by atoms with Gasteiger partial charge in [-0.25, -0.2) is 0 Å². The predicted molar refractivity (Wildman–Crippen MR) is 270 cm³/mol. The third kappa shape index (κ3) is 50.7. The van der Waals surface area contributed by atoms with E-state index in [1.54, 1.807) is 0 Å². The van der Waals surface area contributed by atoms with Crippen LogP contribution in [0.4, 0.5) is 0 Å². The molecule has 0 aromatic carbocycles. The molecule has 370 valence electrons. The number of allylic oxidation sites excluding steroid dienone is 4. The van der Waals surface area contributed by atoms with Crippen LogP contribution in [0.2, 0.25) is 0 Å². The van der Waals surface area contributed by atoms with Crippen LogP contribution in [0.1, 0.15) is 303 Å². The van der Waals surface area contributed by atoms with Crippen LogP contribution in [0.25, 0.3) is 0 Å². The number of hydrogen-bond acceptors (Lipinski definition) is 6. The van der Waals surface area contributed by atoms with E-state index in [1.807, 2.05) is 0 Å². The molecular weight excluding hydrogens is 781 g/mol. The fourth-order valence-electron chi connectivity index (χ4n) is 8.20. The second-order valence-electron chi connectivity index (χ2n) is 18.8. The minimum atomic E-state index is -0.770. The predicted octanol–water partition coefficient (Wildman–Crippen LogP) is 18.3. The molecule has 1 atom stereocenters. The average molecular weight is 887 g/mol. The van der Waals surface area contributed by atoms with E-state index >= 15 is 0 Å². The van der Waals surface area contributed by atoms with Gasteiger partial charge in [-0.15, -0.1) is 0 Å². The summed E-state index contributed by atoms with van der Waals surface area (Å²) in [7, 11) is 0. The standard InChI is InChI=1S/C57H106O6/c1-4-7-10-13-16-19-21-23-25-27-28-30-31-33-35-38-41-44-47-50-56(59)62-53-54(52-61-55(58)49-46-43-40-37-18-15-12-9-6-3)63-57(60)51-48-45-42-39-36-34-32-29-26-24-22-20-17-14-11-8-5-2/h24,26-28,54H,4-23,25,29-53H2,1-3H3/b26-24-,28-27-. The molecule has 0 spiro atoms. The summed E-state index contributed by atoms with van der Waals surface area (Å²) < 4.78 is 16.8. The first kappa shape index (κ1) is 60.9. The molecule has 0 radical (unpaired) electrons. The Hall–Kier alpha value is -2.11. The SMILES string of the molecule is CCCCCCCC/C=C\CCCCCCCCCC(=O)OC(COC(=O)CCCCCCCCC/C=C\CCCCCCCCCC)COC(=O)CCCCCCCCCCC. The van der Waals surface area contributed by atoms with Crippen LogP contribution in [0.3, 0.4) is 0 Å². The summed E-state index contributed by atoms with van der Waals surface area (Å²) in [4.78, 5) is 38.0. The summed E-state index contributed by atoms with van der Waals surface area (Å²) in [5.74, 6) is -0.867. The van der Waals surface area contributed by atoms with Crippen LogP contribution < -0.4 is 0 Å². The number of esters is 3. The Morgan fingerprint density at radius 3 is 0.794 bits per heavy atom. The molecule has 0 N–H and O–H groups in total. The fraction of sp³-hybridized carbons (Fsp3) is 0.877. The third-order valence-electron chi connectivity index (χ3n) is 12.4. The summed E-state index contributed by atoms with van der Waals surface area (Å²) in [6.45, 7) is 6.64. The molecule has 0 aliphatic carbocycles. The molecule has 0 rings (SSSR count). The second kappa shape index (κ2) is 52.5. The van der Waals surface area contributed by atoms with E-state index < -0.39 is 6.10 Å². The molecule has 0 heterocycles. The molecule has 6 heteroatoms. The van der Waals surface area contributed by atoms with Gasteiger partial charge in [0.1, 0.15) is 13.2 Å². The molecule has 0 fully saturated rings. The number of unbranched alkanes of at least 4 members (excludes halogenated alkanes) is 36. The van der Waals surface area contributed by atoms with Crippen LogP contribution in [-0.4, -0.2) is 37.2 Å². The first-order chi connectivity index (χ1) is 31.0. The van der Waals surface area contributed by atoms with Crippen molar-refractivity contribution in [2.75, 3.05) is 13.2 Å². The van der Waals surface area contributed by atoms with Crippen molar-refractivity contribution < 1.29 is 28.6 Å². The van der Waals surface area contributed by atoms with Gasteiger partial charge in [-0.1, -0.05) is 238 Å². The molecule has 0 aliphatic rings. The lowest BCUT2D eigenvalue weighted by atomic mass is 10.1. The minimum Gasteiger partial charge on any atom is -0.462 e. The molecule has 0 aromatic rings. The molecular formula is C57H106O6. The topological polar surface area (TPSA) is 78.9 Å². The van der Waals surface area contributed by atoms with Gasteiger partial charge < -0.3 is 14.2 Å². The zero-order valence-electron chi connectivity index (χ0n) is 42.4. The molecule has 0 amide bonds. The third-order valence-corrected chi connectivity index (χ3v) is 12.4. The summed E-state index contributed by atoms with van der Waals surface area (Å²) in [5.41, 5.74) is 0. The maximum atomic E-state index is 12.8. The summed E-state index contributed by atoms with van der Waals surface area (Å²) in [6, 6.07) is 0. The van der Waals surface area contributed by atoms with Gasteiger partial charge in [-0.2, -0.15) is 0 Å². The molecule has 0 bridgehead atoms. The van der Waals surface area contributed by atoms with Crippen LogP contribution >= 0.6 is 0 Å². The quantitative estimate of drug-likeness (QED) is 0.0262. The lowest BCUT2D eigenvalue weighted by Crippen LogP contribution is -2.30. The number of carbonyl (C=O) groups excluding carboxylic acids is 3. The first-order valence-corrected chi connectivity index (χ1v) is 27.8. The Bertz CT molecular complexity index is 1020. The highest BCUT2D eigenvalue weighted by Gasteiger charge is 2.19. The Kier molecular flexibility index (Phi) is 50.8. The van der Waals surface area contributed by atoms with Crippen molar-refractivity contribution in [2.45, 2.75) is 309 Å². The second-order valence-corrected chi connectivity index (χ2v) is 18.8. The smallest absolute Gasteiger partial charge is 0.306 e. The van der Waals surface area contributed by atoms with E-state index in [0.717, 1.165) is 57.8 Å². The molecule has 0 saturated heterocycles. The van der Waals surface area contributed by atoms with Crippen LogP contribution in [-0.2, 0) is 28.6 Å². The van der Waals surface area contributed by atoms with Crippen molar-refractivity contribution in [3.63, 3.8) is 0 Å². The molecule has 1 unspecified atom stereocenters. The molecule has 0 aromatic heterocycles. The van der Waals surface area contributed by atoms with Crippen LogP contribution in [0, 0.1) is 0 Å². The number of rotatable bonds is 51. The highest BCUT2D eigenvalue weighted by molar-refractivity contribution is 5.71. The maximum absolute atomic E-state index is 12.8. The molecule has 63 heavy (non-hydrogen) atoms. The summed E-state index contributed by atoms with van der Waals surface area (Å²) >= 11 is 0. The summed E-state index contributed by atoms with van der Waals surface area (Å²) in [6.07, 6.45) is 60.3. The van der Waals surface area contributed by atoms with Crippen molar-refractivity contribution in [2.24, 2.45) is 0 Å². The summed E-state index contributed by atoms with van der Waals surface area (Å²) in [5, 5.41) is 0. The van der Waals surface area contributed by atoms with Gasteiger partial charge in [0.15, 0.2) is 6.10 Å². The van der Waals surface area contributed by atoms with Crippen molar-refractivity contribution >= 4 is 17.9 Å². The zero-order valence-corrected chi connectivity index (χ0v) is 42.4. The van der Waals surface area contributed by atoms with Gasteiger partial charge in [-0.05, 0) is 70.6 Å². The van der Waals surface area contributed by atoms with E-state index in [-0.39, 0.29) is 31.1 Å². The fourth-order valence-corrected chi connectivity index (χ4v) is 8.20. The normalized spacial score (nSPS) is 12.1. The monoisotopic (exact) mass is 887 g/mol. The van der Waals surface area contributed by atoms with Gasteiger partial charge >= 0.3 is 17.9 Å². The Labute approximate surface area is 392 Å². The van der Waals surface area contributed by atoms with E-state index in [1.165, 1.54) is 205 Å². The minimum absolute atomic E-state index is 0.0709. The van der Waals surface area contributed by atoms with Crippen molar-refractivity contribution in [3.8, 4) is 0 Å². The van der Waals surface area contributed by atoms with Gasteiger partial charge in [0.25, 0.3) is 0 Å². The van der Waals surface area contributed by atoms with Gasteiger partial charge in [0.05, 0.1) is 0 Å². The van der Waals surface area contributed by atoms with Gasteiger partial charge in [0, 0.05) is 19.3 Å². The van der Waals surface area contributed by atoms with Gasteiger partial charge in [0.2, 0.25) is 0 Å². The Balaban J connectivity index is 4.27. The highest BCUT2D eigenvalue weighted by atomic mass is 16.6. The number of carbonyl (C=O) groups is 3. The number of ether oxygens (including phenoxy) is 3. The first-order valence-electron chi connectivity index (χ1n) is 27.8. The van der Waals surface area contributed by atoms with Gasteiger partial charge in [-0.3, -0.25) is 14.4 Å². The average Bonchev–Trinajstić information content (AvgIpc) is 3.28. The highest BCUT2D eigenvalue weighted by Crippen LogP contribution is 2.16. The van der Waals surface area contributed by atoms with Crippen LogP contribution in [0.15, 0.2) is 24.3 Å². The largest absolute Gasteiger partial charge is 0.462 e.